The average molecular weight is 178 g/mol. The number of benzene rings is 1. The highest BCUT2D eigenvalue weighted by Crippen LogP contribution is 2.11. The number of rotatable bonds is 1. The molecule has 0 fully saturated rings. The zero-order valence-corrected chi connectivity index (χ0v) is 6.11. The van der Waals surface area contributed by atoms with Gasteiger partial charge in [-0.15, -0.1) is 3.89 Å². The first kappa shape index (κ1) is 8.13. The van der Waals surface area contributed by atoms with Gasteiger partial charge in [0.25, 0.3) is 0 Å². The molecular formula is C6H4F2O2S. The van der Waals surface area contributed by atoms with Crippen LogP contribution in [-0.2, 0) is 10.2 Å². The van der Waals surface area contributed by atoms with Crippen molar-refractivity contribution >= 4 is 10.2 Å². The van der Waals surface area contributed by atoms with Crippen LogP contribution in [0, 0.1) is 5.82 Å². The maximum atomic E-state index is 12.2. The van der Waals surface area contributed by atoms with E-state index in [1.165, 1.54) is 0 Å². The van der Waals surface area contributed by atoms with Crippen molar-refractivity contribution in [1.29, 1.82) is 0 Å². The summed E-state index contributed by atoms with van der Waals surface area (Å²) in [5.41, 5.74) is 0. The lowest BCUT2D eigenvalue weighted by molar-refractivity contribution is 0.551. The summed E-state index contributed by atoms with van der Waals surface area (Å²) >= 11 is 0. The molecule has 60 valence electrons. The minimum atomic E-state index is -4.69. The highest BCUT2D eigenvalue weighted by molar-refractivity contribution is 7.86. The van der Waals surface area contributed by atoms with E-state index in [2.05, 4.69) is 0 Å². The normalized spacial score (nSPS) is 11.5. The van der Waals surface area contributed by atoms with Gasteiger partial charge in [-0.25, -0.2) is 4.39 Å². The molecule has 0 amide bonds. The van der Waals surface area contributed by atoms with Crippen LogP contribution in [0.15, 0.2) is 29.2 Å². The quantitative estimate of drug-likeness (QED) is 0.610. The molecule has 0 saturated carbocycles. The lowest BCUT2D eigenvalue weighted by atomic mass is 10.4. The number of hydrogen-bond donors (Lipinski definition) is 0. The fourth-order valence-electron chi connectivity index (χ4n) is 0.597. The van der Waals surface area contributed by atoms with E-state index in [9.17, 15) is 16.7 Å². The van der Waals surface area contributed by atoms with Crippen molar-refractivity contribution in [3.8, 4) is 0 Å². The molecule has 0 aromatic heterocycles. The first-order valence-electron chi connectivity index (χ1n) is 2.70. The molecule has 0 unspecified atom stereocenters. The van der Waals surface area contributed by atoms with Crippen LogP contribution >= 0.6 is 0 Å². The van der Waals surface area contributed by atoms with Gasteiger partial charge in [-0.05, 0) is 24.3 Å². The topological polar surface area (TPSA) is 34.1 Å². The smallest absolute Gasteiger partial charge is 0.207 e. The Morgan fingerprint density at radius 3 is 1.91 bits per heavy atom. The second kappa shape index (κ2) is 2.58. The molecule has 5 heteroatoms. The molecule has 1 rings (SSSR count). The Bertz CT molecular complexity index is 341. The predicted molar refractivity (Wildman–Crippen MR) is 34.7 cm³/mol. The van der Waals surface area contributed by atoms with Gasteiger partial charge in [0.1, 0.15) is 5.82 Å². The van der Waals surface area contributed by atoms with Gasteiger partial charge < -0.3 is 0 Å². The van der Waals surface area contributed by atoms with Crippen molar-refractivity contribution in [2.75, 3.05) is 0 Å². The largest absolute Gasteiger partial charge is 0.332 e. The molecule has 0 saturated heterocycles. The van der Waals surface area contributed by atoms with Crippen LogP contribution < -0.4 is 0 Å². The molecule has 1 aromatic rings. The highest BCUT2D eigenvalue weighted by atomic mass is 32.3. The maximum absolute atomic E-state index is 12.2. The van der Waals surface area contributed by atoms with Gasteiger partial charge >= 0.3 is 10.2 Å². The van der Waals surface area contributed by atoms with E-state index in [4.69, 9.17) is 0 Å². The summed E-state index contributed by atoms with van der Waals surface area (Å²) in [6.07, 6.45) is 0. The molecule has 0 aliphatic heterocycles. The molecule has 0 radical (unpaired) electrons. The van der Waals surface area contributed by atoms with Crippen molar-refractivity contribution in [2.45, 2.75) is 4.90 Å². The van der Waals surface area contributed by atoms with E-state index in [1.54, 1.807) is 0 Å². The SMILES string of the molecule is O=S(=O)(F)c1ccc(F)cc1. The van der Waals surface area contributed by atoms with Crippen LogP contribution in [0.25, 0.3) is 0 Å². The third kappa shape index (κ3) is 1.98. The van der Waals surface area contributed by atoms with Crippen molar-refractivity contribution in [2.24, 2.45) is 0 Å². The van der Waals surface area contributed by atoms with Gasteiger partial charge in [-0.1, -0.05) is 0 Å². The highest BCUT2D eigenvalue weighted by Gasteiger charge is 2.10. The second-order valence-corrected chi connectivity index (χ2v) is 3.24. The summed E-state index contributed by atoms with van der Waals surface area (Å²) in [7, 11) is -4.69. The van der Waals surface area contributed by atoms with Crippen LogP contribution in [0.2, 0.25) is 0 Å². The predicted octanol–water partition coefficient (Wildman–Crippen LogP) is 1.48. The van der Waals surface area contributed by atoms with Gasteiger partial charge in [0.05, 0.1) is 4.90 Å². The van der Waals surface area contributed by atoms with Crippen molar-refractivity contribution < 1.29 is 16.7 Å². The van der Waals surface area contributed by atoms with Crippen LogP contribution in [0.5, 0.6) is 0 Å². The van der Waals surface area contributed by atoms with E-state index >= 15 is 0 Å². The van der Waals surface area contributed by atoms with Gasteiger partial charge in [0.2, 0.25) is 0 Å². The number of halogens is 2. The van der Waals surface area contributed by atoms with Crippen LogP contribution in [0.4, 0.5) is 8.28 Å². The molecule has 0 aliphatic carbocycles. The zero-order valence-electron chi connectivity index (χ0n) is 5.29. The van der Waals surface area contributed by atoms with Gasteiger partial charge in [-0.2, -0.15) is 8.42 Å². The fourth-order valence-corrected chi connectivity index (χ4v) is 1.06. The molecular weight excluding hydrogens is 174 g/mol. The third-order valence-corrected chi connectivity index (χ3v) is 1.93. The fraction of sp³-hybridized carbons (Fsp3) is 0. The molecule has 0 N–H and O–H groups in total. The Balaban J connectivity index is 3.20. The molecule has 0 spiro atoms. The number of hydrogen-bond acceptors (Lipinski definition) is 2. The lowest BCUT2D eigenvalue weighted by Crippen LogP contribution is -1.90. The van der Waals surface area contributed by atoms with Gasteiger partial charge in [0.15, 0.2) is 0 Å². The monoisotopic (exact) mass is 178 g/mol. The summed E-state index contributed by atoms with van der Waals surface area (Å²) in [5.74, 6) is -0.600. The Morgan fingerprint density at radius 1 is 1.09 bits per heavy atom. The Kier molecular flexibility index (Phi) is 1.90. The maximum Gasteiger partial charge on any atom is 0.332 e. The van der Waals surface area contributed by atoms with Crippen LogP contribution in [-0.4, -0.2) is 8.42 Å². The standard InChI is InChI=1S/C6H4F2O2S/c7-5-1-3-6(4-2-5)11(8,9)10/h1-4H. The van der Waals surface area contributed by atoms with Crippen molar-refractivity contribution in [3.05, 3.63) is 30.1 Å². The molecule has 0 atom stereocenters. The van der Waals surface area contributed by atoms with Gasteiger partial charge in [-0.3, -0.25) is 0 Å². The van der Waals surface area contributed by atoms with E-state index < -0.39 is 20.9 Å². The van der Waals surface area contributed by atoms with Gasteiger partial charge in [0, 0.05) is 0 Å². The Morgan fingerprint density at radius 2 is 1.55 bits per heavy atom. The zero-order chi connectivity index (χ0) is 8.48. The van der Waals surface area contributed by atoms with E-state index in [0.717, 1.165) is 24.3 Å². The molecule has 2 nitrogen and oxygen atoms in total. The van der Waals surface area contributed by atoms with E-state index in [1.807, 2.05) is 0 Å². The molecule has 11 heavy (non-hydrogen) atoms. The first-order valence-corrected chi connectivity index (χ1v) is 4.09. The summed E-state index contributed by atoms with van der Waals surface area (Å²) in [5, 5.41) is 0. The Labute approximate surface area is 62.7 Å². The summed E-state index contributed by atoms with van der Waals surface area (Å²) in [6, 6.07) is 3.49. The molecule has 0 heterocycles. The van der Waals surface area contributed by atoms with E-state index in [-0.39, 0.29) is 0 Å². The lowest BCUT2D eigenvalue weighted by Gasteiger charge is -1.91. The van der Waals surface area contributed by atoms with Crippen LogP contribution in [0.1, 0.15) is 0 Å². The molecule has 0 aliphatic rings. The molecule has 0 bridgehead atoms. The summed E-state index contributed by atoms with van der Waals surface area (Å²) in [4.78, 5) is -0.529. The summed E-state index contributed by atoms with van der Waals surface area (Å²) in [6.45, 7) is 0. The van der Waals surface area contributed by atoms with E-state index in [0.29, 0.717) is 0 Å². The first-order chi connectivity index (χ1) is 5.00. The average Bonchev–Trinajstić information content (AvgIpc) is 1.86. The Hall–Kier alpha value is -0.970. The second-order valence-electron chi connectivity index (χ2n) is 1.89. The third-order valence-electron chi connectivity index (χ3n) is 1.10. The minimum absolute atomic E-state index is 0.529. The van der Waals surface area contributed by atoms with Crippen LogP contribution in [0.3, 0.4) is 0 Å². The summed E-state index contributed by atoms with van der Waals surface area (Å²) < 4.78 is 44.6. The van der Waals surface area contributed by atoms with Crippen molar-refractivity contribution in [3.63, 3.8) is 0 Å². The van der Waals surface area contributed by atoms with Crippen molar-refractivity contribution in [1.82, 2.24) is 0 Å². The minimum Gasteiger partial charge on any atom is -0.207 e. The molecule has 1 aromatic carbocycles.